The Kier molecular flexibility index (Phi) is 9.66. The third-order valence-corrected chi connectivity index (χ3v) is 9.90. The molecule has 0 aliphatic heterocycles. The Morgan fingerprint density at radius 1 is 0.692 bits per heavy atom. The maximum Gasteiger partial charge on any atom is 0.238 e. The van der Waals surface area contributed by atoms with E-state index in [-0.39, 0.29) is 16.3 Å². The van der Waals surface area contributed by atoms with Gasteiger partial charge in [-0.1, -0.05) is 54.6 Å². The van der Waals surface area contributed by atoms with E-state index in [9.17, 15) is 8.42 Å². The number of hydrogen-bond acceptors (Lipinski definition) is 9. The van der Waals surface area contributed by atoms with Crippen molar-refractivity contribution in [1.82, 2.24) is 25.2 Å². The van der Waals surface area contributed by atoms with Crippen LogP contribution in [0.1, 0.15) is 27.8 Å². The zero-order valence-corrected chi connectivity index (χ0v) is 29.7. The summed E-state index contributed by atoms with van der Waals surface area (Å²) in [6.07, 6.45) is 2.58. The number of pyridine rings is 1. The molecule has 0 bridgehead atoms. The van der Waals surface area contributed by atoms with Crippen LogP contribution in [0.3, 0.4) is 0 Å². The van der Waals surface area contributed by atoms with Crippen LogP contribution in [0.2, 0.25) is 0 Å². The Morgan fingerprint density at radius 3 is 1.88 bits per heavy atom. The summed E-state index contributed by atoms with van der Waals surface area (Å²) in [7, 11) is 0.523. The van der Waals surface area contributed by atoms with Gasteiger partial charge in [-0.2, -0.15) is 4.80 Å². The van der Waals surface area contributed by atoms with Crippen LogP contribution in [-0.4, -0.2) is 54.9 Å². The molecular formula is C40H36N6O5S. The summed E-state index contributed by atoms with van der Waals surface area (Å²) in [6.45, 7) is 0.295. The number of primary sulfonamides is 1. The largest absolute Gasteiger partial charge is 0.497 e. The number of tetrazole rings is 1. The first-order valence-electron chi connectivity index (χ1n) is 16.5. The van der Waals surface area contributed by atoms with Crippen LogP contribution in [0.25, 0.3) is 33.4 Å². The first-order valence-corrected chi connectivity index (χ1v) is 18.0. The molecule has 2 aromatic heterocycles. The highest BCUT2D eigenvalue weighted by Gasteiger charge is 2.29. The SMILES string of the molecule is COc1ccc(Cc2cc(S(N)(=O)=O)c(-c3nnn(Cc4ccc(OC)cc4)n3)c(-c3cccc4ncccc34)c2Cc2ccc(OC)cc2)cc1. The smallest absolute Gasteiger partial charge is 0.238 e. The molecule has 0 unspecified atom stereocenters. The van der Waals surface area contributed by atoms with Crippen LogP contribution in [-0.2, 0) is 29.4 Å². The van der Waals surface area contributed by atoms with Gasteiger partial charge < -0.3 is 14.2 Å². The molecule has 0 spiro atoms. The van der Waals surface area contributed by atoms with E-state index in [1.165, 1.54) is 4.80 Å². The standard InChI is InChI=1S/C40H36N6O5S/c1-49-30-15-9-26(10-16-30)22-29-24-37(52(41,47)48)39(40-43-45-46(44-40)25-28-13-19-32(51-3)20-14-28)38(34-6-4-8-36-33(34)7-5-21-42-36)35(29)23-27-11-17-31(50-2)18-12-27/h4-21,24H,22-23,25H2,1-3H3,(H2,41,47,48). The number of fused-ring (bicyclic) bond motifs is 1. The van der Waals surface area contributed by atoms with Crippen molar-refractivity contribution >= 4 is 20.9 Å². The van der Waals surface area contributed by atoms with E-state index in [4.69, 9.17) is 24.4 Å². The van der Waals surface area contributed by atoms with Gasteiger partial charge in [0, 0.05) is 11.6 Å². The van der Waals surface area contributed by atoms with Crippen molar-refractivity contribution in [3.05, 3.63) is 143 Å². The van der Waals surface area contributed by atoms with Gasteiger partial charge in [-0.15, -0.1) is 10.2 Å². The first kappa shape index (κ1) is 34.3. The van der Waals surface area contributed by atoms with Crippen molar-refractivity contribution in [2.24, 2.45) is 5.14 Å². The van der Waals surface area contributed by atoms with Gasteiger partial charge >= 0.3 is 0 Å². The average molecular weight is 713 g/mol. The Balaban J connectivity index is 1.51. The highest BCUT2D eigenvalue weighted by Crippen LogP contribution is 2.43. The second-order valence-electron chi connectivity index (χ2n) is 12.2. The van der Waals surface area contributed by atoms with Crippen LogP contribution in [0.4, 0.5) is 0 Å². The second-order valence-corrected chi connectivity index (χ2v) is 13.8. The molecule has 2 heterocycles. The van der Waals surface area contributed by atoms with Gasteiger partial charge in [0.05, 0.1) is 43.8 Å². The number of rotatable bonds is 12. The van der Waals surface area contributed by atoms with E-state index < -0.39 is 10.0 Å². The second kappa shape index (κ2) is 14.6. The van der Waals surface area contributed by atoms with Gasteiger partial charge in [-0.05, 0) is 112 Å². The van der Waals surface area contributed by atoms with Gasteiger partial charge in [-0.3, -0.25) is 4.98 Å². The first-order chi connectivity index (χ1) is 25.2. The minimum absolute atomic E-state index is 0.102. The molecule has 7 rings (SSSR count). The molecule has 0 aliphatic rings. The molecule has 0 amide bonds. The Hall–Kier alpha value is -6.11. The van der Waals surface area contributed by atoms with Crippen molar-refractivity contribution in [3.63, 3.8) is 0 Å². The van der Waals surface area contributed by atoms with Gasteiger partial charge in [0.25, 0.3) is 0 Å². The number of sulfonamides is 1. The van der Waals surface area contributed by atoms with Crippen molar-refractivity contribution in [3.8, 4) is 39.8 Å². The lowest BCUT2D eigenvalue weighted by atomic mass is 9.84. The Morgan fingerprint density at radius 2 is 1.29 bits per heavy atom. The number of nitrogens with zero attached hydrogens (tertiary/aromatic N) is 5. The van der Waals surface area contributed by atoms with Crippen LogP contribution < -0.4 is 19.3 Å². The summed E-state index contributed by atoms with van der Waals surface area (Å²) < 4.78 is 43.5. The zero-order valence-electron chi connectivity index (χ0n) is 28.9. The fraction of sp³-hybridized carbons (Fsp3) is 0.150. The summed E-state index contributed by atoms with van der Waals surface area (Å²) >= 11 is 0. The van der Waals surface area contributed by atoms with E-state index in [1.54, 1.807) is 33.6 Å². The Labute approximate surface area is 301 Å². The fourth-order valence-corrected chi connectivity index (χ4v) is 7.18. The monoisotopic (exact) mass is 712 g/mol. The van der Waals surface area contributed by atoms with Crippen LogP contribution in [0.15, 0.2) is 120 Å². The zero-order chi connectivity index (χ0) is 36.2. The lowest BCUT2D eigenvalue weighted by molar-refractivity contribution is 0.414. The van der Waals surface area contributed by atoms with Crippen molar-refractivity contribution in [2.45, 2.75) is 24.3 Å². The molecule has 12 heteroatoms. The Bertz CT molecular complexity index is 2460. The van der Waals surface area contributed by atoms with Crippen molar-refractivity contribution < 1.29 is 22.6 Å². The lowest BCUT2D eigenvalue weighted by Gasteiger charge is -2.22. The number of aromatic nitrogens is 5. The predicted octanol–water partition coefficient (Wildman–Crippen LogP) is 6.46. The van der Waals surface area contributed by atoms with E-state index >= 15 is 0 Å². The minimum Gasteiger partial charge on any atom is -0.497 e. The predicted molar refractivity (Wildman–Crippen MR) is 199 cm³/mol. The topological polar surface area (TPSA) is 144 Å². The molecule has 5 aromatic carbocycles. The summed E-state index contributed by atoms with van der Waals surface area (Å²) in [5.74, 6) is 2.29. The van der Waals surface area contributed by atoms with E-state index in [0.29, 0.717) is 24.9 Å². The molecule has 0 radical (unpaired) electrons. The molecule has 0 aliphatic carbocycles. The van der Waals surface area contributed by atoms with Crippen molar-refractivity contribution in [1.29, 1.82) is 0 Å². The molecule has 0 saturated heterocycles. The summed E-state index contributed by atoms with van der Waals surface area (Å²) in [5, 5.41) is 20.5. The summed E-state index contributed by atoms with van der Waals surface area (Å²) in [6, 6.07) is 34.3. The van der Waals surface area contributed by atoms with Crippen LogP contribution >= 0.6 is 0 Å². The minimum atomic E-state index is -4.33. The molecule has 262 valence electrons. The molecule has 0 saturated carbocycles. The van der Waals surface area contributed by atoms with Crippen molar-refractivity contribution in [2.75, 3.05) is 21.3 Å². The third kappa shape index (κ3) is 7.20. The molecular weight excluding hydrogens is 677 g/mol. The number of nitrogens with two attached hydrogens (primary N) is 1. The van der Waals surface area contributed by atoms with Gasteiger partial charge in [0.1, 0.15) is 17.2 Å². The molecule has 52 heavy (non-hydrogen) atoms. The van der Waals surface area contributed by atoms with Gasteiger partial charge in [0.2, 0.25) is 15.8 Å². The van der Waals surface area contributed by atoms with Crippen LogP contribution in [0.5, 0.6) is 17.2 Å². The third-order valence-electron chi connectivity index (χ3n) is 8.97. The number of hydrogen-bond donors (Lipinski definition) is 1. The number of benzene rings is 5. The molecule has 0 atom stereocenters. The summed E-state index contributed by atoms with van der Waals surface area (Å²) in [4.78, 5) is 5.95. The fourth-order valence-electron chi connectivity index (χ4n) is 6.39. The van der Waals surface area contributed by atoms with E-state index in [0.717, 1.165) is 61.5 Å². The molecule has 11 nitrogen and oxygen atoms in total. The summed E-state index contributed by atoms with van der Waals surface area (Å²) in [5.41, 5.74) is 6.91. The molecule has 0 fully saturated rings. The quantitative estimate of drug-likeness (QED) is 0.151. The number of methoxy groups -OCH3 is 3. The van der Waals surface area contributed by atoms with E-state index in [2.05, 4.69) is 15.3 Å². The van der Waals surface area contributed by atoms with E-state index in [1.807, 2.05) is 103 Å². The molecule has 7 aromatic rings. The van der Waals surface area contributed by atoms with Gasteiger partial charge in [0.15, 0.2) is 0 Å². The number of ether oxygens (including phenoxy) is 3. The highest BCUT2D eigenvalue weighted by molar-refractivity contribution is 7.89. The molecule has 2 N–H and O–H groups in total. The normalized spacial score (nSPS) is 11.5. The maximum atomic E-state index is 13.7. The van der Waals surface area contributed by atoms with Gasteiger partial charge in [-0.25, -0.2) is 13.6 Å². The maximum absolute atomic E-state index is 13.7. The lowest BCUT2D eigenvalue weighted by Crippen LogP contribution is -2.17. The highest BCUT2D eigenvalue weighted by atomic mass is 32.2. The average Bonchev–Trinajstić information content (AvgIpc) is 3.63. The van der Waals surface area contributed by atoms with Crippen LogP contribution in [0, 0.1) is 0 Å².